The molecule has 3 rings (SSSR count). The number of primary amides is 1. The highest BCUT2D eigenvalue weighted by Gasteiger charge is 2.38. The van der Waals surface area contributed by atoms with Gasteiger partial charge in [0.25, 0.3) is 5.91 Å². The van der Waals surface area contributed by atoms with Gasteiger partial charge in [-0.05, 0) is 48.7 Å². The molecule has 2 amide bonds. The Kier molecular flexibility index (Phi) is 5.55. The van der Waals surface area contributed by atoms with E-state index in [1.165, 1.54) is 6.07 Å². The maximum Gasteiger partial charge on any atom is 0.409 e. The summed E-state index contributed by atoms with van der Waals surface area (Å²) in [6.45, 7) is 4.08. The predicted octanol–water partition coefficient (Wildman–Crippen LogP) is 3.73. The number of hydrogen-bond donors (Lipinski definition) is 1. The second kappa shape index (κ2) is 7.92. The van der Waals surface area contributed by atoms with Gasteiger partial charge in [0, 0.05) is 31.5 Å². The molecule has 6 nitrogen and oxygen atoms in total. The molecule has 0 aliphatic carbocycles. The van der Waals surface area contributed by atoms with Crippen molar-refractivity contribution in [1.29, 1.82) is 5.26 Å². The SMILES string of the molecule is Cc1cc(C)c(C(=O)N2CCC(F)(c3ccc(C#N)cc3)CC2)cc1OC(N)=O. The van der Waals surface area contributed by atoms with Crippen LogP contribution in [-0.4, -0.2) is 30.0 Å². The number of nitrogens with two attached hydrogens (primary N) is 1. The molecule has 7 heteroatoms. The molecule has 1 aliphatic heterocycles. The zero-order chi connectivity index (χ0) is 21.2. The van der Waals surface area contributed by atoms with Crippen LogP contribution in [0.15, 0.2) is 36.4 Å². The highest BCUT2D eigenvalue weighted by molar-refractivity contribution is 5.96. The van der Waals surface area contributed by atoms with Gasteiger partial charge in [-0.15, -0.1) is 0 Å². The van der Waals surface area contributed by atoms with E-state index in [0.717, 1.165) is 5.56 Å². The van der Waals surface area contributed by atoms with E-state index in [1.807, 2.05) is 6.07 Å². The Balaban J connectivity index is 1.76. The summed E-state index contributed by atoms with van der Waals surface area (Å²) in [5.74, 6) is -0.000390. The van der Waals surface area contributed by atoms with E-state index in [-0.39, 0.29) is 37.6 Å². The lowest BCUT2D eigenvalue weighted by molar-refractivity contribution is 0.0420. The second-order valence-electron chi connectivity index (χ2n) is 7.30. The Labute approximate surface area is 168 Å². The van der Waals surface area contributed by atoms with Crippen molar-refractivity contribution in [2.45, 2.75) is 32.4 Å². The molecule has 1 heterocycles. The number of hydrogen-bond acceptors (Lipinski definition) is 4. The molecule has 0 spiro atoms. The summed E-state index contributed by atoms with van der Waals surface area (Å²) in [6.07, 6.45) is -0.613. The normalized spacial score (nSPS) is 15.4. The molecular formula is C22H22FN3O3. The van der Waals surface area contributed by atoms with E-state index in [9.17, 15) is 9.59 Å². The Morgan fingerprint density at radius 1 is 1.14 bits per heavy atom. The van der Waals surface area contributed by atoms with Crippen LogP contribution in [0.3, 0.4) is 0 Å². The van der Waals surface area contributed by atoms with Crippen molar-refractivity contribution in [2.24, 2.45) is 5.73 Å². The quantitative estimate of drug-likeness (QED) is 0.856. The van der Waals surface area contributed by atoms with Gasteiger partial charge in [0.05, 0.1) is 11.6 Å². The van der Waals surface area contributed by atoms with E-state index in [0.29, 0.717) is 22.3 Å². The van der Waals surface area contributed by atoms with E-state index in [1.54, 1.807) is 49.1 Å². The Bertz CT molecular complexity index is 988. The van der Waals surface area contributed by atoms with Gasteiger partial charge in [-0.1, -0.05) is 18.2 Å². The van der Waals surface area contributed by atoms with Gasteiger partial charge in [-0.3, -0.25) is 4.79 Å². The number of piperidine rings is 1. The maximum atomic E-state index is 15.4. The molecule has 1 aliphatic rings. The van der Waals surface area contributed by atoms with Gasteiger partial charge in [0.1, 0.15) is 11.4 Å². The van der Waals surface area contributed by atoms with Gasteiger partial charge in [0.15, 0.2) is 0 Å². The first-order valence-corrected chi connectivity index (χ1v) is 9.31. The molecule has 0 aromatic heterocycles. The van der Waals surface area contributed by atoms with Crippen LogP contribution in [0, 0.1) is 25.2 Å². The average molecular weight is 395 g/mol. The van der Waals surface area contributed by atoms with E-state index in [2.05, 4.69) is 0 Å². The van der Waals surface area contributed by atoms with Crippen molar-refractivity contribution in [1.82, 2.24) is 4.90 Å². The topological polar surface area (TPSA) is 96.4 Å². The summed E-state index contributed by atoms with van der Waals surface area (Å²) in [5, 5.41) is 8.89. The van der Waals surface area contributed by atoms with E-state index in [4.69, 9.17) is 15.7 Å². The summed E-state index contributed by atoms with van der Waals surface area (Å²) in [7, 11) is 0. The molecule has 0 unspecified atom stereocenters. The fourth-order valence-corrected chi connectivity index (χ4v) is 3.65. The smallest absolute Gasteiger partial charge is 0.409 e. The van der Waals surface area contributed by atoms with E-state index < -0.39 is 11.8 Å². The van der Waals surface area contributed by atoms with Crippen LogP contribution in [0.2, 0.25) is 0 Å². The highest BCUT2D eigenvalue weighted by atomic mass is 19.1. The molecule has 29 heavy (non-hydrogen) atoms. The first kappa shape index (κ1) is 20.3. The number of ether oxygens (including phenoxy) is 1. The van der Waals surface area contributed by atoms with Crippen molar-refractivity contribution in [2.75, 3.05) is 13.1 Å². The molecule has 1 saturated heterocycles. The minimum absolute atomic E-state index is 0.167. The average Bonchev–Trinajstić information content (AvgIpc) is 2.70. The standard InChI is InChI=1S/C22H22FN3O3/c1-14-11-15(2)19(29-21(25)28)12-18(14)20(27)26-9-7-22(23,8-10-26)17-5-3-16(13-24)4-6-17/h3-6,11-12H,7-10H2,1-2H3,(H2,25,28). The molecule has 150 valence electrons. The number of alkyl halides is 1. The lowest BCUT2D eigenvalue weighted by Gasteiger charge is -2.37. The van der Waals surface area contributed by atoms with Crippen LogP contribution >= 0.6 is 0 Å². The minimum Gasteiger partial charge on any atom is -0.410 e. The van der Waals surface area contributed by atoms with Crippen molar-refractivity contribution < 1.29 is 18.7 Å². The number of likely N-dealkylation sites (tertiary alicyclic amines) is 1. The molecule has 0 atom stereocenters. The van der Waals surface area contributed by atoms with Crippen LogP contribution in [0.5, 0.6) is 5.75 Å². The van der Waals surface area contributed by atoms with Gasteiger partial charge in [-0.25, -0.2) is 9.18 Å². The Morgan fingerprint density at radius 3 is 2.31 bits per heavy atom. The van der Waals surface area contributed by atoms with E-state index >= 15 is 4.39 Å². The van der Waals surface area contributed by atoms with Crippen molar-refractivity contribution in [3.05, 3.63) is 64.2 Å². The number of carbonyl (C=O) groups excluding carboxylic acids is 2. The van der Waals surface area contributed by atoms with Crippen LogP contribution in [-0.2, 0) is 5.67 Å². The minimum atomic E-state index is -1.53. The number of aryl methyl sites for hydroxylation is 2. The fourth-order valence-electron chi connectivity index (χ4n) is 3.65. The monoisotopic (exact) mass is 395 g/mol. The van der Waals surface area contributed by atoms with Crippen molar-refractivity contribution in [3.63, 3.8) is 0 Å². The third kappa shape index (κ3) is 4.21. The molecule has 0 saturated carbocycles. The zero-order valence-corrected chi connectivity index (χ0v) is 16.4. The zero-order valence-electron chi connectivity index (χ0n) is 16.4. The van der Waals surface area contributed by atoms with Crippen LogP contribution in [0.25, 0.3) is 0 Å². The van der Waals surface area contributed by atoms with Gasteiger partial charge in [-0.2, -0.15) is 5.26 Å². The number of benzene rings is 2. The summed E-state index contributed by atoms with van der Waals surface area (Å²) >= 11 is 0. The summed E-state index contributed by atoms with van der Waals surface area (Å²) in [5.41, 5.74) is 6.39. The molecule has 2 aromatic rings. The first-order valence-electron chi connectivity index (χ1n) is 9.31. The third-order valence-corrected chi connectivity index (χ3v) is 5.34. The molecule has 2 aromatic carbocycles. The van der Waals surface area contributed by atoms with Crippen molar-refractivity contribution >= 4 is 12.0 Å². The van der Waals surface area contributed by atoms with Crippen LogP contribution < -0.4 is 10.5 Å². The highest BCUT2D eigenvalue weighted by Crippen LogP contribution is 2.37. The maximum absolute atomic E-state index is 15.4. The van der Waals surface area contributed by atoms with Gasteiger partial charge >= 0.3 is 6.09 Å². The number of nitriles is 1. The number of carbonyl (C=O) groups is 2. The number of nitrogens with zero attached hydrogens (tertiary/aromatic N) is 2. The second-order valence-corrected chi connectivity index (χ2v) is 7.30. The molecule has 2 N–H and O–H groups in total. The number of amides is 2. The molecule has 1 fully saturated rings. The summed E-state index contributed by atoms with van der Waals surface area (Å²) in [6, 6.07) is 11.8. The Morgan fingerprint density at radius 2 is 1.76 bits per heavy atom. The van der Waals surface area contributed by atoms with Crippen molar-refractivity contribution in [3.8, 4) is 11.8 Å². The molecular weight excluding hydrogens is 373 g/mol. The van der Waals surface area contributed by atoms with Crippen LogP contribution in [0.4, 0.5) is 9.18 Å². The van der Waals surface area contributed by atoms with Gasteiger partial charge in [0.2, 0.25) is 0 Å². The first-order chi connectivity index (χ1) is 13.7. The lowest BCUT2D eigenvalue weighted by Crippen LogP contribution is -2.43. The largest absolute Gasteiger partial charge is 0.410 e. The lowest BCUT2D eigenvalue weighted by atomic mass is 9.85. The molecule has 0 radical (unpaired) electrons. The summed E-state index contributed by atoms with van der Waals surface area (Å²) in [4.78, 5) is 25.7. The predicted molar refractivity (Wildman–Crippen MR) is 105 cm³/mol. The Hall–Kier alpha value is -3.40. The number of halogens is 1. The third-order valence-electron chi connectivity index (χ3n) is 5.34. The van der Waals surface area contributed by atoms with Crippen LogP contribution in [0.1, 0.15) is 45.5 Å². The summed E-state index contributed by atoms with van der Waals surface area (Å²) < 4.78 is 20.4. The molecule has 0 bridgehead atoms. The fraction of sp³-hybridized carbons (Fsp3) is 0.318. The number of rotatable bonds is 3. The van der Waals surface area contributed by atoms with Gasteiger partial charge < -0.3 is 15.4 Å².